The molecule has 0 bridgehead atoms. The molecule has 0 heterocycles. The lowest BCUT2D eigenvalue weighted by Gasteiger charge is -2.10. The highest BCUT2D eigenvalue weighted by atomic mass is 19.2. The number of unbranched alkanes of at least 4 members (excludes halogenated alkanes) is 1. The lowest BCUT2D eigenvalue weighted by Crippen LogP contribution is -2.26. The molecular formula is C8H16F2O2. The van der Waals surface area contributed by atoms with Crippen molar-refractivity contribution < 1.29 is 18.6 Å². The number of rotatable bonds is 7. The molecule has 0 saturated carbocycles. The first-order chi connectivity index (χ1) is 5.72. The van der Waals surface area contributed by atoms with Crippen LogP contribution in [0.3, 0.4) is 0 Å². The summed E-state index contributed by atoms with van der Waals surface area (Å²) < 4.78 is 29.7. The normalized spacial score (nSPS) is 16.0. The molecule has 0 aromatic heterocycles. The second-order valence-electron chi connectivity index (χ2n) is 2.64. The Kier molecular flexibility index (Phi) is 7.29. The molecule has 2 atom stereocenters. The Labute approximate surface area is 71.5 Å². The van der Waals surface area contributed by atoms with Crippen LogP contribution < -0.4 is 0 Å². The largest absolute Gasteiger partial charge is 0.393 e. The number of hydrogen-bond acceptors (Lipinski definition) is 2. The molecule has 0 saturated heterocycles. The van der Waals surface area contributed by atoms with Crippen LogP contribution >= 0.6 is 0 Å². The fourth-order valence-corrected chi connectivity index (χ4v) is 0.661. The first kappa shape index (κ1) is 11.8. The van der Waals surface area contributed by atoms with E-state index in [1.54, 1.807) is 0 Å². The molecule has 0 aliphatic carbocycles. The number of alkyl halides is 2. The van der Waals surface area contributed by atoms with Crippen LogP contribution in [0.2, 0.25) is 0 Å². The summed E-state index contributed by atoms with van der Waals surface area (Å²) in [6.45, 7) is 1.40. The van der Waals surface area contributed by atoms with Gasteiger partial charge >= 0.3 is 0 Å². The van der Waals surface area contributed by atoms with Crippen molar-refractivity contribution in [1.29, 1.82) is 0 Å². The molecule has 12 heavy (non-hydrogen) atoms. The van der Waals surface area contributed by atoms with Crippen LogP contribution in [0.25, 0.3) is 0 Å². The van der Waals surface area contributed by atoms with Crippen molar-refractivity contribution in [3.05, 3.63) is 0 Å². The van der Waals surface area contributed by atoms with E-state index in [1.807, 2.05) is 6.92 Å². The standard InChI is InChI=1S/C8H16F2O2/c1-2-3-4-12-6-8(10)7(9)5-11/h7-8,11H,2-6H2,1H3. The van der Waals surface area contributed by atoms with Crippen molar-refractivity contribution >= 4 is 0 Å². The Morgan fingerprint density at radius 3 is 2.50 bits per heavy atom. The van der Waals surface area contributed by atoms with Crippen LogP contribution in [-0.4, -0.2) is 37.3 Å². The molecular weight excluding hydrogens is 166 g/mol. The van der Waals surface area contributed by atoms with Gasteiger partial charge in [-0.1, -0.05) is 13.3 Å². The number of hydrogen-bond donors (Lipinski definition) is 1. The van der Waals surface area contributed by atoms with Crippen molar-refractivity contribution in [3.63, 3.8) is 0 Å². The molecule has 74 valence electrons. The molecule has 0 aromatic carbocycles. The Balaban J connectivity index is 3.24. The van der Waals surface area contributed by atoms with E-state index in [1.165, 1.54) is 0 Å². The van der Waals surface area contributed by atoms with E-state index < -0.39 is 19.0 Å². The third kappa shape index (κ3) is 5.43. The van der Waals surface area contributed by atoms with Gasteiger partial charge in [-0.15, -0.1) is 0 Å². The topological polar surface area (TPSA) is 29.5 Å². The number of ether oxygens (including phenoxy) is 1. The Morgan fingerprint density at radius 2 is 2.00 bits per heavy atom. The van der Waals surface area contributed by atoms with Crippen LogP contribution in [0, 0.1) is 0 Å². The van der Waals surface area contributed by atoms with E-state index in [-0.39, 0.29) is 6.61 Å². The summed E-state index contributed by atoms with van der Waals surface area (Å²) in [5.41, 5.74) is 0. The van der Waals surface area contributed by atoms with Crippen LogP contribution in [0.5, 0.6) is 0 Å². The molecule has 0 aromatic rings. The maximum Gasteiger partial charge on any atom is 0.157 e. The van der Waals surface area contributed by atoms with E-state index in [9.17, 15) is 8.78 Å². The molecule has 0 radical (unpaired) electrons. The van der Waals surface area contributed by atoms with Crippen molar-refractivity contribution in [2.45, 2.75) is 32.1 Å². The van der Waals surface area contributed by atoms with E-state index in [0.717, 1.165) is 12.8 Å². The molecule has 0 amide bonds. The summed E-state index contributed by atoms with van der Waals surface area (Å²) in [7, 11) is 0. The minimum atomic E-state index is -1.81. The van der Waals surface area contributed by atoms with Gasteiger partial charge in [-0.3, -0.25) is 0 Å². The van der Waals surface area contributed by atoms with Crippen LogP contribution in [-0.2, 0) is 4.74 Å². The van der Waals surface area contributed by atoms with E-state index >= 15 is 0 Å². The van der Waals surface area contributed by atoms with Gasteiger partial charge < -0.3 is 9.84 Å². The zero-order valence-corrected chi connectivity index (χ0v) is 7.30. The van der Waals surface area contributed by atoms with Gasteiger partial charge in [-0.25, -0.2) is 8.78 Å². The molecule has 0 fully saturated rings. The van der Waals surface area contributed by atoms with Gasteiger partial charge in [-0.05, 0) is 6.42 Å². The van der Waals surface area contributed by atoms with Gasteiger partial charge in [-0.2, -0.15) is 0 Å². The molecule has 1 N–H and O–H groups in total. The minimum Gasteiger partial charge on any atom is -0.393 e. The first-order valence-electron chi connectivity index (χ1n) is 4.19. The quantitative estimate of drug-likeness (QED) is 0.604. The van der Waals surface area contributed by atoms with Gasteiger partial charge in [0, 0.05) is 6.61 Å². The summed E-state index contributed by atoms with van der Waals surface area (Å²) in [5.74, 6) is 0. The van der Waals surface area contributed by atoms with Crippen molar-refractivity contribution in [1.82, 2.24) is 0 Å². The fourth-order valence-electron chi connectivity index (χ4n) is 0.661. The maximum absolute atomic E-state index is 12.6. The molecule has 0 rings (SSSR count). The van der Waals surface area contributed by atoms with Gasteiger partial charge in [0.2, 0.25) is 0 Å². The average molecular weight is 182 g/mol. The molecule has 2 unspecified atom stereocenters. The first-order valence-corrected chi connectivity index (χ1v) is 4.19. The number of aliphatic hydroxyl groups is 1. The Morgan fingerprint density at radius 1 is 1.33 bits per heavy atom. The summed E-state index contributed by atoms with van der Waals surface area (Å²) in [4.78, 5) is 0. The maximum atomic E-state index is 12.6. The fraction of sp³-hybridized carbons (Fsp3) is 1.00. The molecule has 4 heteroatoms. The summed E-state index contributed by atoms with van der Waals surface area (Å²) in [6, 6.07) is 0. The van der Waals surface area contributed by atoms with E-state index in [2.05, 4.69) is 0 Å². The highest BCUT2D eigenvalue weighted by Crippen LogP contribution is 2.04. The lowest BCUT2D eigenvalue weighted by molar-refractivity contribution is 0.0209. The third-order valence-corrected chi connectivity index (χ3v) is 1.49. The smallest absolute Gasteiger partial charge is 0.157 e. The monoisotopic (exact) mass is 182 g/mol. The predicted octanol–water partition coefficient (Wildman–Crippen LogP) is 1.47. The van der Waals surface area contributed by atoms with Gasteiger partial charge in [0.25, 0.3) is 0 Å². The summed E-state index contributed by atoms with van der Waals surface area (Å²) >= 11 is 0. The number of halogens is 2. The molecule has 0 aliphatic heterocycles. The predicted molar refractivity (Wildman–Crippen MR) is 42.6 cm³/mol. The molecule has 0 aliphatic rings. The highest BCUT2D eigenvalue weighted by Gasteiger charge is 2.18. The zero-order chi connectivity index (χ0) is 9.40. The van der Waals surface area contributed by atoms with Crippen LogP contribution in [0.4, 0.5) is 8.78 Å². The minimum absolute atomic E-state index is 0.262. The van der Waals surface area contributed by atoms with E-state index in [0.29, 0.717) is 6.61 Å². The van der Waals surface area contributed by atoms with Gasteiger partial charge in [0.1, 0.15) is 0 Å². The lowest BCUT2D eigenvalue weighted by atomic mass is 10.3. The Hall–Kier alpha value is -0.220. The summed E-state index contributed by atoms with van der Waals surface area (Å²) in [6.07, 6.45) is -1.70. The van der Waals surface area contributed by atoms with Crippen molar-refractivity contribution in [2.75, 3.05) is 19.8 Å². The molecule has 0 spiro atoms. The highest BCUT2D eigenvalue weighted by molar-refractivity contribution is 4.65. The van der Waals surface area contributed by atoms with Crippen LogP contribution in [0.1, 0.15) is 19.8 Å². The van der Waals surface area contributed by atoms with Gasteiger partial charge in [0.05, 0.1) is 13.2 Å². The second-order valence-corrected chi connectivity index (χ2v) is 2.64. The van der Waals surface area contributed by atoms with Crippen molar-refractivity contribution in [3.8, 4) is 0 Å². The average Bonchev–Trinajstić information content (AvgIpc) is 2.10. The van der Waals surface area contributed by atoms with Crippen LogP contribution in [0.15, 0.2) is 0 Å². The Bertz CT molecular complexity index is 101. The SMILES string of the molecule is CCCCOCC(F)C(F)CO. The molecule has 2 nitrogen and oxygen atoms in total. The third-order valence-electron chi connectivity index (χ3n) is 1.49. The number of aliphatic hydroxyl groups excluding tert-OH is 1. The zero-order valence-electron chi connectivity index (χ0n) is 7.30. The van der Waals surface area contributed by atoms with Gasteiger partial charge in [0.15, 0.2) is 12.3 Å². The second kappa shape index (κ2) is 7.43. The summed E-state index contributed by atoms with van der Waals surface area (Å²) in [5, 5.41) is 8.24. The van der Waals surface area contributed by atoms with E-state index in [4.69, 9.17) is 9.84 Å². The van der Waals surface area contributed by atoms with Crippen molar-refractivity contribution in [2.24, 2.45) is 0 Å².